The molecule has 2 atom stereocenters. The van der Waals surface area contributed by atoms with Gasteiger partial charge in [-0.15, -0.1) is 11.8 Å². The van der Waals surface area contributed by atoms with Crippen LogP contribution in [0.5, 0.6) is 0 Å². The van der Waals surface area contributed by atoms with E-state index in [2.05, 4.69) is 23.3 Å². The van der Waals surface area contributed by atoms with Gasteiger partial charge < -0.3 is 0 Å². The lowest BCUT2D eigenvalue weighted by atomic mass is 9.82. The molecule has 0 aromatic carbocycles. The highest BCUT2D eigenvalue weighted by Gasteiger charge is 2.36. The van der Waals surface area contributed by atoms with Crippen molar-refractivity contribution in [1.82, 2.24) is 10.3 Å². The number of rotatable bonds is 5. The summed E-state index contributed by atoms with van der Waals surface area (Å²) >= 11 is 7.88. The third-order valence-corrected chi connectivity index (χ3v) is 5.34. The molecule has 2 unspecified atom stereocenters. The molecule has 20 heavy (non-hydrogen) atoms. The van der Waals surface area contributed by atoms with Gasteiger partial charge in [0.1, 0.15) is 10.6 Å². The fraction of sp³-hybridized carbons (Fsp3) is 0.600. The summed E-state index contributed by atoms with van der Waals surface area (Å²) in [5.41, 5.74) is -0.368. The minimum atomic E-state index is -0.368. The molecule has 0 radical (unpaired) electrons. The average Bonchev–Trinajstić information content (AvgIpc) is 2.48. The molecule has 1 fully saturated rings. The van der Waals surface area contributed by atoms with Crippen molar-refractivity contribution < 1.29 is 0 Å². The van der Waals surface area contributed by atoms with Gasteiger partial charge in [0, 0.05) is 11.4 Å². The molecule has 0 saturated heterocycles. The highest BCUT2D eigenvalue weighted by atomic mass is 35.5. The Kier molecular flexibility index (Phi) is 5.71. The van der Waals surface area contributed by atoms with E-state index in [4.69, 9.17) is 11.6 Å². The largest absolute Gasteiger partial charge is 0.299 e. The van der Waals surface area contributed by atoms with Gasteiger partial charge in [-0.1, -0.05) is 18.5 Å². The van der Waals surface area contributed by atoms with Crippen LogP contribution in [0.25, 0.3) is 0 Å². The Labute approximate surface area is 130 Å². The van der Waals surface area contributed by atoms with E-state index < -0.39 is 0 Å². The number of nitriles is 1. The van der Waals surface area contributed by atoms with E-state index in [0.717, 1.165) is 43.7 Å². The average molecular weight is 310 g/mol. The van der Waals surface area contributed by atoms with Crippen LogP contribution in [0.2, 0.25) is 5.02 Å². The van der Waals surface area contributed by atoms with Crippen molar-refractivity contribution in [1.29, 1.82) is 5.26 Å². The van der Waals surface area contributed by atoms with Crippen molar-refractivity contribution in [3.8, 4) is 6.07 Å². The number of nitrogens with one attached hydrogen (secondary N) is 1. The maximum atomic E-state index is 9.54. The first-order chi connectivity index (χ1) is 9.69. The van der Waals surface area contributed by atoms with Crippen molar-refractivity contribution >= 4 is 23.4 Å². The van der Waals surface area contributed by atoms with Crippen LogP contribution in [0.3, 0.4) is 0 Å². The van der Waals surface area contributed by atoms with Crippen LogP contribution >= 0.6 is 23.4 Å². The third-order valence-electron chi connectivity index (χ3n) is 3.64. The Morgan fingerprint density at radius 2 is 2.50 bits per heavy atom. The predicted molar refractivity (Wildman–Crippen MR) is 84.0 cm³/mol. The Morgan fingerprint density at radius 1 is 1.65 bits per heavy atom. The number of thioether (sulfide) groups is 1. The zero-order chi connectivity index (χ0) is 14.4. The van der Waals surface area contributed by atoms with E-state index in [9.17, 15) is 5.26 Å². The van der Waals surface area contributed by atoms with Gasteiger partial charge in [0.25, 0.3) is 0 Å². The van der Waals surface area contributed by atoms with Crippen LogP contribution in [0.4, 0.5) is 0 Å². The zero-order valence-electron chi connectivity index (χ0n) is 11.7. The molecule has 0 spiro atoms. The molecule has 1 aromatic heterocycles. The zero-order valence-corrected chi connectivity index (χ0v) is 13.3. The smallest absolute Gasteiger partial charge is 0.115 e. The highest BCUT2D eigenvalue weighted by Crippen LogP contribution is 2.39. The van der Waals surface area contributed by atoms with Crippen molar-refractivity contribution in [2.45, 2.75) is 54.8 Å². The van der Waals surface area contributed by atoms with Crippen molar-refractivity contribution in [3.05, 3.63) is 23.4 Å². The molecule has 1 aromatic rings. The van der Waals surface area contributed by atoms with Gasteiger partial charge in [-0.3, -0.25) is 5.32 Å². The van der Waals surface area contributed by atoms with E-state index in [1.807, 2.05) is 12.1 Å². The molecule has 108 valence electrons. The second-order valence-electron chi connectivity index (χ2n) is 5.25. The summed E-state index contributed by atoms with van der Waals surface area (Å²) < 4.78 is 0. The van der Waals surface area contributed by atoms with E-state index in [-0.39, 0.29) is 5.54 Å². The molecule has 0 bridgehead atoms. The maximum absolute atomic E-state index is 9.54. The topological polar surface area (TPSA) is 48.7 Å². The van der Waals surface area contributed by atoms with Gasteiger partial charge in [0.15, 0.2) is 0 Å². The first-order valence-corrected chi connectivity index (χ1v) is 8.38. The van der Waals surface area contributed by atoms with Gasteiger partial charge in [-0.25, -0.2) is 4.98 Å². The summed E-state index contributed by atoms with van der Waals surface area (Å²) in [6.45, 7) is 3.02. The monoisotopic (exact) mass is 309 g/mol. The van der Waals surface area contributed by atoms with Gasteiger partial charge >= 0.3 is 0 Å². The third kappa shape index (κ3) is 3.88. The van der Waals surface area contributed by atoms with Gasteiger partial charge in [-0.2, -0.15) is 5.26 Å². The molecule has 1 aliphatic carbocycles. The molecule has 0 aliphatic heterocycles. The van der Waals surface area contributed by atoms with Crippen LogP contribution in [0, 0.1) is 11.3 Å². The molecule has 5 heteroatoms. The second kappa shape index (κ2) is 7.31. The number of pyridine rings is 1. The first-order valence-electron chi connectivity index (χ1n) is 7.12. The quantitative estimate of drug-likeness (QED) is 0.892. The van der Waals surface area contributed by atoms with Crippen molar-refractivity contribution in [2.75, 3.05) is 6.54 Å². The molecule has 1 saturated carbocycles. The molecular weight excluding hydrogens is 290 g/mol. The van der Waals surface area contributed by atoms with Crippen LogP contribution in [0.1, 0.15) is 39.0 Å². The lowest BCUT2D eigenvalue weighted by Gasteiger charge is -2.36. The Hall–Kier alpha value is -0.760. The Bertz CT molecular complexity index is 488. The number of nitrogens with zero attached hydrogens (tertiary/aromatic N) is 2. The SMILES string of the molecule is CCCNC1(C#N)CCCC(Sc2ncccc2Cl)C1. The minimum Gasteiger partial charge on any atom is -0.299 e. The minimum absolute atomic E-state index is 0.368. The summed E-state index contributed by atoms with van der Waals surface area (Å²) in [5.74, 6) is 0. The summed E-state index contributed by atoms with van der Waals surface area (Å²) in [6.07, 6.45) is 6.82. The second-order valence-corrected chi connectivity index (χ2v) is 6.94. The number of aromatic nitrogens is 1. The molecule has 1 N–H and O–H groups in total. The molecule has 1 heterocycles. The fourth-order valence-corrected chi connectivity index (χ4v) is 4.13. The molecule has 1 aliphatic rings. The van der Waals surface area contributed by atoms with E-state index >= 15 is 0 Å². The van der Waals surface area contributed by atoms with Crippen LogP contribution in [-0.4, -0.2) is 22.3 Å². The summed E-state index contributed by atoms with van der Waals surface area (Å²) in [4.78, 5) is 4.34. The lowest BCUT2D eigenvalue weighted by Crippen LogP contribution is -2.48. The fourth-order valence-electron chi connectivity index (χ4n) is 2.61. The lowest BCUT2D eigenvalue weighted by molar-refractivity contribution is 0.304. The molecule has 0 amide bonds. The molecular formula is C15H20ClN3S. The summed E-state index contributed by atoms with van der Waals surface area (Å²) in [6, 6.07) is 6.22. The summed E-state index contributed by atoms with van der Waals surface area (Å²) in [5, 5.41) is 15.0. The Balaban J connectivity index is 2.03. The standard InChI is InChI=1S/C15H20ClN3S/c1-2-8-19-15(11-17)7-3-5-12(10-15)20-14-13(16)6-4-9-18-14/h4,6,9,12,19H,2-3,5,7-8,10H2,1H3. The highest BCUT2D eigenvalue weighted by molar-refractivity contribution is 8.00. The Morgan fingerprint density at radius 3 is 3.20 bits per heavy atom. The molecule has 2 rings (SSSR count). The number of hydrogen-bond donors (Lipinski definition) is 1. The van der Waals surface area contributed by atoms with Crippen LogP contribution < -0.4 is 5.32 Å². The van der Waals surface area contributed by atoms with Crippen molar-refractivity contribution in [2.24, 2.45) is 0 Å². The van der Waals surface area contributed by atoms with Gasteiger partial charge in [0.05, 0.1) is 11.1 Å². The number of hydrogen-bond acceptors (Lipinski definition) is 4. The number of halogens is 1. The summed E-state index contributed by atoms with van der Waals surface area (Å²) in [7, 11) is 0. The van der Waals surface area contributed by atoms with Gasteiger partial charge in [-0.05, 0) is 50.8 Å². The van der Waals surface area contributed by atoms with E-state index in [1.54, 1.807) is 18.0 Å². The maximum Gasteiger partial charge on any atom is 0.115 e. The van der Waals surface area contributed by atoms with Crippen LogP contribution in [-0.2, 0) is 0 Å². The normalized spacial score (nSPS) is 26.1. The predicted octanol–water partition coefficient (Wildman–Crippen LogP) is 4.03. The van der Waals surface area contributed by atoms with Crippen molar-refractivity contribution in [3.63, 3.8) is 0 Å². The molecule has 3 nitrogen and oxygen atoms in total. The van der Waals surface area contributed by atoms with Gasteiger partial charge in [0.2, 0.25) is 0 Å². The first kappa shape index (κ1) is 15.6. The van der Waals surface area contributed by atoms with Crippen LogP contribution in [0.15, 0.2) is 23.4 Å². The van der Waals surface area contributed by atoms with E-state index in [1.165, 1.54) is 0 Å². The van der Waals surface area contributed by atoms with E-state index in [0.29, 0.717) is 10.3 Å².